The summed E-state index contributed by atoms with van der Waals surface area (Å²) in [5.74, 6) is -0.0850. The van der Waals surface area contributed by atoms with Gasteiger partial charge in [-0.15, -0.1) is 0 Å². The molecule has 0 heterocycles. The van der Waals surface area contributed by atoms with Crippen LogP contribution < -0.4 is 5.32 Å². The minimum atomic E-state index is -0.0850. The molecule has 1 amide bonds. The van der Waals surface area contributed by atoms with Gasteiger partial charge in [0.1, 0.15) is 0 Å². The molecule has 0 aliphatic carbocycles. The molecular weight excluding hydrogens is 150 g/mol. The number of amides is 1. The van der Waals surface area contributed by atoms with Crippen molar-refractivity contribution in [2.75, 3.05) is 5.32 Å². The van der Waals surface area contributed by atoms with Gasteiger partial charge in [0.05, 0.1) is 0 Å². The Balaban J connectivity index is 2.89. The minimum absolute atomic E-state index is 0.0850. The molecule has 0 saturated heterocycles. The summed E-state index contributed by atoms with van der Waals surface area (Å²) >= 11 is 0. The zero-order valence-corrected chi connectivity index (χ0v) is 7.22. The van der Waals surface area contributed by atoms with Crippen molar-refractivity contribution in [3.05, 3.63) is 36.2 Å². The van der Waals surface area contributed by atoms with Crippen LogP contribution in [-0.4, -0.2) is 5.91 Å². The third kappa shape index (κ3) is 2.09. The van der Waals surface area contributed by atoms with Gasteiger partial charge in [-0.3, -0.25) is 4.79 Å². The molecule has 0 bridgehead atoms. The van der Waals surface area contributed by atoms with E-state index in [1.54, 1.807) is 6.07 Å². The van der Waals surface area contributed by atoms with Crippen LogP contribution in [0.5, 0.6) is 0 Å². The van der Waals surface area contributed by atoms with E-state index in [2.05, 4.69) is 5.32 Å². The van der Waals surface area contributed by atoms with Crippen LogP contribution in [0.1, 0.15) is 18.1 Å². The van der Waals surface area contributed by atoms with E-state index in [0.717, 1.165) is 11.3 Å². The molecule has 1 aromatic rings. The second kappa shape index (κ2) is 3.39. The van der Waals surface area contributed by atoms with Crippen LogP contribution in [0.3, 0.4) is 0 Å². The highest BCUT2D eigenvalue weighted by atomic mass is 16.1. The molecule has 0 fully saturated rings. The molecule has 2 heteroatoms. The van der Waals surface area contributed by atoms with E-state index in [4.69, 9.17) is 6.92 Å². The number of aryl methyl sites for hydroxylation is 1. The first-order valence-electron chi connectivity index (χ1n) is 3.73. The average Bonchev–Trinajstić information content (AvgIpc) is 1.96. The SMILES string of the molecule is [CH]c1cc(NC(C)=O)ccc1C. The lowest BCUT2D eigenvalue weighted by Crippen LogP contribution is -2.05. The summed E-state index contributed by atoms with van der Waals surface area (Å²) in [4.78, 5) is 10.7. The summed E-state index contributed by atoms with van der Waals surface area (Å²) < 4.78 is 0. The Kier molecular flexibility index (Phi) is 2.48. The van der Waals surface area contributed by atoms with Gasteiger partial charge in [-0.25, -0.2) is 0 Å². The van der Waals surface area contributed by atoms with Crippen LogP contribution in [0, 0.1) is 13.8 Å². The predicted molar refractivity (Wildman–Crippen MR) is 48.9 cm³/mol. The number of benzene rings is 1. The van der Waals surface area contributed by atoms with Crippen LogP contribution in [0.2, 0.25) is 0 Å². The van der Waals surface area contributed by atoms with Crippen molar-refractivity contribution in [1.82, 2.24) is 0 Å². The number of rotatable bonds is 1. The van der Waals surface area contributed by atoms with Crippen LogP contribution >= 0.6 is 0 Å². The van der Waals surface area contributed by atoms with Crippen molar-refractivity contribution in [2.45, 2.75) is 13.8 Å². The topological polar surface area (TPSA) is 29.1 Å². The fourth-order valence-corrected chi connectivity index (χ4v) is 0.921. The van der Waals surface area contributed by atoms with Crippen molar-refractivity contribution in [1.29, 1.82) is 0 Å². The summed E-state index contributed by atoms with van der Waals surface area (Å²) in [6.45, 7) is 9.04. The normalized spacial score (nSPS) is 9.58. The lowest BCUT2D eigenvalue weighted by molar-refractivity contribution is -0.114. The van der Waals surface area contributed by atoms with Crippen LogP contribution in [0.4, 0.5) is 5.69 Å². The van der Waals surface area contributed by atoms with E-state index in [1.165, 1.54) is 6.92 Å². The first-order valence-corrected chi connectivity index (χ1v) is 3.73. The van der Waals surface area contributed by atoms with Gasteiger partial charge in [0.2, 0.25) is 5.91 Å². The van der Waals surface area contributed by atoms with Crippen molar-refractivity contribution in [3.8, 4) is 0 Å². The summed E-state index contributed by atoms with van der Waals surface area (Å²) in [6.07, 6.45) is 0. The Morgan fingerprint density at radius 3 is 2.67 bits per heavy atom. The highest BCUT2D eigenvalue weighted by Gasteiger charge is 1.96. The van der Waals surface area contributed by atoms with Gasteiger partial charge in [-0.1, -0.05) is 6.07 Å². The van der Waals surface area contributed by atoms with Crippen LogP contribution in [-0.2, 0) is 4.79 Å². The lowest BCUT2D eigenvalue weighted by Gasteiger charge is -2.04. The smallest absolute Gasteiger partial charge is 0.221 e. The monoisotopic (exact) mass is 161 g/mol. The zero-order chi connectivity index (χ0) is 9.14. The molecule has 1 aromatic carbocycles. The van der Waals surface area contributed by atoms with Gasteiger partial charge >= 0.3 is 0 Å². The van der Waals surface area contributed by atoms with Crippen molar-refractivity contribution < 1.29 is 4.79 Å². The van der Waals surface area contributed by atoms with Gasteiger partial charge in [0.25, 0.3) is 0 Å². The summed E-state index contributed by atoms with van der Waals surface area (Å²) in [6, 6.07) is 5.45. The average molecular weight is 161 g/mol. The molecule has 0 aliphatic rings. The third-order valence-electron chi connectivity index (χ3n) is 1.60. The fraction of sp³-hybridized carbons (Fsp3) is 0.200. The van der Waals surface area contributed by atoms with E-state index in [9.17, 15) is 4.79 Å². The molecule has 0 saturated carbocycles. The lowest BCUT2D eigenvalue weighted by atomic mass is 10.1. The Labute approximate surface area is 72.6 Å². The van der Waals surface area contributed by atoms with Crippen molar-refractivity contribution >= 4 is 11.6 Å². The van der Waals surface area contributed by atoms with Crippen molar-refractivity contribution in [3.63, 3.8) is 0 Å². The second-order valence-corrected chi connectivity index (χ2v) is 2.75. The number of nitrogens with one attached hydrogen (secondary N) is 1. The van der Waals surface area contributed by atoms with Crippen LogP contribution in [0.15, 0.2) is 18.2 Å². The van der Waals surface area contributed by atoms with Gasteiger partial charge < -0.3 is 5.32 Å². The highest BCUT2D eigenvalue weighted by molar-refractivity contribution is 5.88. The Morgan fingerprint density at radius 2 is 2.17 bits per heavy atom. The zero-order valence-electron chi connectivity index (χ0n) is 7.22. The van der Waals surface area contributed by atoms with E-state index < -0.39 is 0 Å². The number of hydrogen-bond donors (Lipinski definition) is 1. The standard InChI is InChI=1S/C10H11NO/c1-7-4-5-10(6-8(7)2)11-9(3)12/h2,4-6H,1,3H3,(H,11,12). The molecular formula is C10H11NO. The number of anilines is 1. The van der Waals surface area contributed by atoms with E-state index in [-0.39, 0.29) is 5.91 Å². The molecule has 0 spiro atoms. The maximum atomic E-state index is 10.7. The Bertz CT molecular complexity index is 305. The highest BCUT2D eigenvalue weighted by Crippen LogP contribution is 2.13. The molecule has 1 N–H and O–H groups in total. The molecule has 0 unspecified atom stereocenters. The Hall–Kier alpha value is -1.31. The van der Waals surface area contributed by atoms with Gasteiger partial charge in [0.15, 0.2) is 0 Å². The summed E-state index contributed by atoms with van der Waals surface area (Å²) in [5, 5.41) is 2.65. The molecule has 0 atom stereocenters. The van der Waals surface area contributed by atoms with Crippen molar-refractivity contribution in [2.24, 2.45) is 0 Å². The first-order chi connectivity index (χ1) is 5.59. The summed E-state index contributed by atoms with van der Waals surface area (Å²) in [5.41, 5.74) is 2.45. The van der Waals surface area contributed by atoms with Crippen LogP contribution in [0.25, 0.3) is 0 Å². The van der Waals surface area contributed by atoms with Gasteiger partial charge in [0, 0.05) is 12.6 Å². The quantitative estimate of drug-likeness (QED) is 0.670. The molecule has 12 heavy (non-hydrogen) atoms. The number of carbonyl (C=O) groups excluding carboxylic acids is 1. The second-order valence-electron chi connectivity index (χ2n) is 2.75. The minimum Gasteiger partial charge on any atom is -0.326 e. The first kappa shape index (κ1) is 8.78. The molecule has 2 nitrogen and oxygen atoms in total. The van der Waals surface area contributed by atoms with Gasteiger partial charge in [-0.2, -0.15) is 0 Å². The van der Waals surface area contributed by atoms with E-state index in [1.807, 2.05) is 19.1 Å². The summed E-state index contributed by atoms with van der Waals surface area (Å²) in [7, 11) is 0. The van der Waals surface area contributed by atoms with Gasteiger partial charge in [-0.05, 0) is 37.1 Å². The van der Waals surface area contributed by atoms with E-state index in [0.29, 0.717) is 5.56 Å². The third-order valence-corrected chi connectivity index (χ3v) is 1.60. The molecule has 62 valence electrons. The molecule has 1 rings (SSSR count). The maximum Gasteiger partial charge on any atom is 0.221 e. The van der Waals surface area contributed by atoms with E-state index >= 15 is 0 Å². The molecule has 0 aliphatic heterocycles. The maximum absolute atomic E-state index is 10.7. The largest absolute Gasteiger partial charge is 0.326 e. The fourth-order valence-electron chi connectivity index (χ4n) is 0.921. The number of hydrogen-bond acceptors (Lipinski definition) is 1. The number of carbonyl (C=O) groups is 1. The predicted octanol–water partition coefficient (Wildman–Crippen LogP) is 2.01. The Morgan fingerprint density at radius 1 is 1.50 bits per heavy atom. The molecule has 0 aromatic heterocycles. The molecule has 2 radical (unpaired) electrons.